The third-order valence-electron chi connectivity index (χ3n) is 1.61. The lowest BCUT2D eigenvalue weighted by atomic mass is 10.2. The minimum absolute atomic E-state index is 0.296. The Morgan fingerprint density at radius 2 is 1.94 bits per heavy atom. The van der Waals surface area contributed by atoms with Crippen molar-refractivity contribution in [1.82, 2.24) is 0 Å². The normalized spacial score (nSPS) is 12.9. The molecule has 0 heterocycles. The van der Waals surface area contributed by atoms with Gasteiger partial charge in [0.05, 0.1) is 6.42 Å². The minimum atomic E-state index is -4.27. The van der Waals surface area contributed by atoms with Crippen LogP contribution in [0.1, 0.15) is 13.3 Å². The zero-order valence-corrected chi connectivity index (χ0v) is 9.36. The Labute approximate surface area is 92.5 Å². The number of hydrogen-bond donors (Lipinski definition) is 2. The van der Waals surface area contributed by atoms with E-state index >= 15 is 0 Å². The van der Waals surface area contributed by atoms with Crippen molar-refractivity contribution in [3.63, 3.8) is 0 Å². The number of ether oxygens (including phenoxy) is 1. The van der Waals surface area contributed by atoms with Gasteiger partial charge < -0.3 is 9.84 Å². The zero-order valence-electron chi connectivity index (χ0n) is 8.54. The van der Waals surface area contributed by atoms with Gasteiger partial charge in [-0.1, -0.05) is 6.58 Å². The first-order valence-electron chi connectivity index (χ1n) is 4.17. The molecule has 0 bridgehead atoms. The van der Waals surface area contributed by atoms with Crippen LogP contribution in [0.15, 0.2) is 12.2 Å². The molecule has 0 aliphatic rings. The van der Waals surface area contributed by atoms with E-state index in [1.807, 2.05) is 0 Å². The summed E-state index contributed by atoms with van der Waals surface area (Å²) in [6.07, 6.45) is -0.584. The highest BCUT2D eigenvalue weighted by molar-refractivity contribution is 7.86. The zero-order chi connectivity index (χ0) is 12.9. The first kappa shape index (κ1) is 14.6. The summed E-state index contributed by atoms with van der Waals surface area (Å²) < 4.78 is 34.1. The molecule has 16 heavy (non-hydrogen) atoms. The maximum Gasteiger partial charge on any atom is 0.334 e. The predicted molar refractivity (Wildman–Crippen MR) is 53.4 cm³/mol. The van der Waals surface area contributed by atoms with E-state index in [9.17, 15) is 18.0 Å². The van der Waals surface area contributed by atoms with Crippen LogP contribution in [0.25, 0.3) is 0 Å². The van der Waals surface area contributed by atoms with Gasteiger partial charge in [0.2, 0.25) is 0 Å². The summed E-state index contributed by atoms with van der Waals surface area (Å²) in [5.74, 6) is -2.25. The maximum atomic E-state index is 11.0. The molecule has 0 rings (SSSR count). The molecule has 0 aromatic rings. The predicted octanol–water partition coefficient (Wildman–Crippen LogP) is -0.163. The van der Waals surface area contributed by atoms with E-state index in [1.165, 1.54) is 0 Å². The Bertz CT molecular complexity index is 395. The Morgan fingerprint density at radius 1 is 1.44 bits per heavy atom. The number of rotatable bonds is 6. The maximum absolute atomic E-state index is 11.0. The first-order valence-corrected chi connectivity index (χ1v) is 5.68. The second-order valence-electron chi connectivity index (χ2n) is 3.10. The van der Waals surface area contributed by atoms with Crippen LogP contribution in [-0.4, -0.2) is 41.9 Å². The number of esters is 1. The topological polar surface area (TPSA) is 118 Å². The van der Waals surface area contributed by atoms with Gasteiger partial charge in [-0.2, -0.15) is 8.42 Å². The standard InChI is InChI=1S/C8H12O7S/c1-5(3-7(9)10)8(11)15-4-6(2)16(12,13)14/h6H,1,3-4H2,2H3,(H,9,10)(H,12,13,14). The average Bonchev–Trinajstić information content (AvgIpc) is 2.10. The Hall–Kier alpha value is -1.41. The van der Waals surface area contributed by atoms with Crippen molar-refractivity contribution in [2.45, 2.75) is 18.6 Å². The average molecular weight is 252 g/mol. The molecule has 0 spiro atoms. The minimum Gasteiger partial charge on any atom is -0.481 e. The van der Waals surface area contributed by atoms with Crippen molar-refractivity contribution in [1.29, 1.82) is 0 Å². The molecule has 0 aromatic carbocycles. The molecule has 7 nitrogen and oxygen atoms in total. The summed E-state index contributed by atoms with van der Waals surface area (Å²) in [5, 5.41) is 7.07. The van der Waals surface area contributed by atoms with Crippen LogP contribution in [0, 0.1) is 0 Å². The number of carbonyl (C=O) groups is 2. The Balaban J connectivity index is 4.18. The molecule has 1 unspecified atom stereocenters. The Morgan fingerprint density at radius 3 is 2.31 bits per heavy atom. The van der Waals surface area contributed by atoms with Crippen LogP contribution in [0.5, 0.6) is 0 Å². The molecule has 92 valence electrons. The molecular weight excluding hydrogens is 240 g/mol. The lowest BCUT2D eigenvalue weighted by Crippen LogP contribution is -2.25. The van der Waals surface area contributed by atoms with E-state index in [0.29, 0.717) is 0 Å². The van der Waals surface area contributed by atoms with Crippen molar-refractivity contribution in [3.05, 3.63) is 12.2 Å². The van der Waals surface area contributed by atoms with Crippen LogP contribution >= 0.6 is 0 Å². The molecule has 0 saturated heterocycles. The van der Waals surface area contributed by atoms with E-state index in [1.54, 1.807) is 0 Å². The summed E-state index contributed by atoms with van der Waals surface area (Å²) >= 11 is 0. The van der Waals surface area contributed by atoms with Gasteiger partial charge in [0.1, 0.15) is 11.9 Å². The van der Waals surface area contributed by atoms with Crippen molar-refractivity contribution in [3.8, 4) is 0 Å². The monoisotopic (exact) mass is 252 g/mol. The third kappa shape index (κ3) is 5.47. The van der Waals surface area contributed by atoms with E-state index in [0.717, 1.165) is 6.92 Å². The fourth-order valence-corrected chi connectivity index (χ4v) is 0.876. The molecule has 1 atom stereocenters. The molecule has 0 amide bonds. The molecule has 0 aromatic heterocycles. The fraction of sp³-hybridized carbons (Fsp3) is 0.500. The van der Waals surface area contributed by atoms with Gasteiger partial charge in [-0.05, 0) is 6.92 Å². The van der Waals surface area contributed by atoms with Gasteiger partial charge in [-0.15, -0.1) is 0 Å². The van der Waals surface area contributed by atoms with Crippen LogP contribution in [0.2, 0.25) is 0 Å². The molecule has 8 heteroatoms. The Kier molecular flexibility index (Phi) is 5.12. The third-order valence-corrected chi connectivity index (χ3v) is 2.76. The summed E-state index contributed by atoms with van der Waals surface area (Å²) in [7, 11) is -4.27. The van der Waals surface area contributed by atoms with Gasteiger partial charge in [0, 0.05) is 5.57 Å². The number of carbonyl (C=O) groups excluding carboxylic acids is 1. The molecule has 0 radical (unpaired) electrons. The summed E-state index contributed by atoms with van der Waals surface area (Å²) in [6, 6.07) is 0. The number of hydrogen-bond acceptors (Lipinski definition) is 5. The van der Waals surface area contributed by atoms with Crippen LogP contribution in [0.3, 0.4) is 0 Å². The highest BCUT2D eigenvalue weighted by Gasteiger charge is 2.20. The molecule has 0 saturated carbocycles. The van der Waals surface area contributed by atoms with Gasteiger partial charge in [-0.25, -0.2) is 4.79 Å². The first-order chi connectivity index (χ1) is 7.14. The second kappa shape index (κ2) is 5.61. The van der Waals surface area contributed by atoms with Crippen molar-refractivity contribution in [2.24, 2.45) is 0 Å². The quantitative estimate of drug-likeness (QED) is 0.383. The van der Waals surface area contributed by atoms with Crippen LogP contribution in [0.4, 0.5) is 0 Å². The van der Waals surface area contributed by atoms with E-state index in [4.69, 9.17) is 9.66 Å². The van der Waals surface area contributed by atoms with Gasteiger partial charge in [0.15, 0.2) is 0 Å². The summed E-state index contributed by atoms with van der Waals surface area (Å²) in [5.41, 5.74) is -0.296. The van der Waals surface area contributed by atoms with E-state index in [2.05, 4.69) is 11.3 Å². The summed E-state index contributed by atoms with van der Waals surface area (Å²) in [6.45, 7) is 3.75. The van der Waals surface area contributed by atoms with Gasteiger partial charge in [-0.3, -0.25) is 9.35 Å². The van der Waals surface area contributed by atoms with Crippen molar-refractivity contribution in [2.75, 3.05) is 6.61 Å². The lowest BCUT2D eigenvalue weighted by molar-refractivity contribution is -0.142. The summed E-state index contributed by atoms with van der Waals surface area (Å²) in [4.78, 5) is 21.3. The largest absolute Gasteiger partial charge is 0.481 e. The van der Waals surface area contributed by atoms with E-state index < -0.39 is 40.3 Å². The molecule has 2 N–H and O–H groups in total. The molecular formula is C8H12O7S. The van der Waals surface area contributed by atoms with Crippen LogP contribution in [-0.2, 0) is 24.4 Å². The molecule has 0 aliphatic carbocycles. The van der Waals surface area contributed by atoms with Gasteiger partial charge >= 0.3 is 11.9 Å². The van der Waals surface area contributed by atoms with Crippen molar-refractivity contribution < 1.29 is 32.4 Å². The van der Waals surface area contributed by atoms with E-state index in [-0.39, 0.29) is 5.57 Å². The van der Waals surface area contributed by atoms with Crippen molar-refractivity contribution >= 4 is 22.1 Å². The SMILES string of the molecule is C=C(CC(=O)O)C(=O)OCC(C)S(=O)(=O)O. The molecule has 0 fully saturated rings. The highest BCUT2D eigenvalue weighted by atomic mass is 32.2. The fourth-order valence-electron chi connectivity index (χ4n) is 0.636. The lowest BCUT2D eigenvalue weighted by Gasteiger charge is -2.09. The van der Waals surface area contributed by atoms with Gasteiger partial charge in [0.25, 0.3) is 10.1 Å². The smallest absolute Gasteiger partial charge is 0.334 e. The highest BCUT2D eigenvalue weighted by Crippen LogP contribution is 2.04. The van der Waals surface area contributed by atoms with Crippen LogP contribution < -0.4 is 0 Å². The number of aliphatic carboxylic acids is 1. The number of carboxylic acids is 1. The molecule has 0 aliphatic heterocycles. The number of carboxylic acid groups (broad SMARTS) is 1. The second-order valence-corrected chi connectivity index (χ2v) is 4.93.